The summed E-state index contributed by atoms with van der Waals surface area (Å²) in [5.74, 6) is 0.575. The summed E-state index contributed by atoms with van der Waals surface area (Å²) in [5.41, 5.74) is 2.36. The Morgan fingerprint density at radius 1 is 1.22 bits per heavy atom. The number of piperidine rings is 1. The summed E-state index contributed by atoms with van der Waals surface area (Å²) in [4.78, 5) is 45.8. The molecule has 1 atom stereocenters. The van der Waals surface area contributed by atoms with Gasteiger partial charge in [-0.1, -0.05) is 36.5 Å². The third kappa shape index (κ3) is 5.41. The fourth-order valence-corrected chi connectivity index (χ4v) is 6.47. The van der Waals surface area contributed by atoms with Crippen LogP contribution in [0.15, 0.2) is 63.5 Å². The normalized spacial score (nSPS) is 17.7. The van der Waals surface area contributed by atoms with E-state index in [1.54, 1.807) is 32.1 Å². The SMILES string of the molecule is CCOC(=O)C1=C(C)N=c2s/c(=C/c3cc([N+](=O)[O-])ccc3N3CCC(C)CC3)c(=O)n2[C@@H]1c1ccccc1OC. The van der Waals surface area contributed by atoms with Gasteiger partial charge in [-0.3, -0.25) is 19.5 Å². The van der Waals surface area contributed by atoms with Gasteiger partial charge in [-0.15, -0.1) is 0 Å². The number of fused-ring (bicyclic) bond motifs is 1. The summed E-state index contributed by atoms with van der Waals surface area (Å²) < 4.78 is 12.8. The number of para-hydroxylation sites is 1. The number of hydrogen-bond acceptors (Lipinski definition) is 9. The fourth-order valence-electron chi connectivity index (χ4n) is 5.43. The van der Waals surface area contributed by atoms with Crippen molar-refractivity contribution in [2.24, 2.45) is 10.9 Å². The van der Waals surface area contributed by atoms with Gasteiger partial charge in [0, 0.05) is 42.0 Å². The summed E-state index contributed by atoms with van der Waals surface area (Å²) in [5, 5.41) is 11.7. The first-order chi connectivity index (χ1) is 19.7. The van der Waals surface area contributed by atoms with Gasteiger partial charge in [-0.25, -0.2) is 9.79 Å². The van der Waals surface area contributed by atoms with Gasteiger partial charge in [0.1, 0.15) is 11.8 Å². The highest BCUT2D eigenvalue weighted by Crippen LogP contribution is 2.36. The molecule has 41 heavy (non-hydrogen) atoms. The third-order valence-corrected chi connectivity index (χ3v) is 8.57. The first kappa shape index (κ1) is 28.3. The van der Waals surface area contributed by atoms with Crippen LogP contribution >= 0.6 is 11.3 Å². The predicted molar refractivity (Wildman–Crippen MR) is 157 cm³/mol. The van der Waals surface area contributed by atoms with Crippen LogP contribution in [0.5, 0.6) is 5.75 Å². The molecular weight excluding hydrogens is 544 g/mol. The molecule has 1 fully saturated rings. The number of carbonyl (C=O) groups excluding carboxylic acids is 1. The van der Waals surface area contributed by atoms with E-state index < -0.39 is 16.9 Å². The summed E-state index contributed by atoms with van der Waals surface area (Å²) in [6.07, 6.45) is 3.74. The van der Waals surface area contributed by atoms with Gasteiger partial charge in [0.25, 0.3) is 11.2 Å². The number of esters is 1. The monoisotopic (exact) mass is 576 g/mol. The first-order valence-corrected chi connectivity index (χ1v) is 14.4. The molecule has 2 aromatic carbocycles. The number of non-ortho nitro benzene ring substituents is 1. The highest BCUT2D eigenvalue weighted by Gasteiger charge is 2.35. The molecule has 11 heteroatoms. The Morgan fingerprint density at radius 2 is 1.95 bits per heavy atom. The minimum Gasteiger partial charge on any atom is -0.496 e. The topological polar surface area (TPSA) is 116 Å². The molecule has 1 saturated heterocycles. The number of nitro benzene ring substituents is 1. The average Bonchev–Trinajstić information content (AvgIpc) is 3.26. The van der Waals surface area contributed by atoms with E-state index >= 15 is 0 Å². The minimum absolute atomic E-state index is 0.0505. The summed E-state index contributed by atoms with van der Waals surface area (Å²) >= 11 is 1.18. The van der Waals surface area contributed by atoms with Crippen LogP contribution in [-0.4, -0.2) is 42.3 Å². The van der Waals surface area contributed by atoms with E-state index in [1.807, 2.05) is 18.2 Å². The van der Waals surface area contributed by atoms with E-state index in [1.165, 1.54) is 35.1 Å². The van der Waals surface area contributed by atoms with Crippen molar-refractivity contribution in [2.75, 3.05) is 31.7 Å². The number of methoxy groups -OCH3 is 1. The Labute approximate surface area is 241 Å². The number of hydrogen-bond donors (Lipinski definition) is 0. The van der Waals surface area contributed by atoms with Crippen LogP contribution in [0.4, 0.5) is 11.4 Å². The van der Waals surface area contributed by atoms with Crippen molar-refractivity contribution in [2.45, 2.75) is 39.7 Å². The molecule has 0 unspecified atom stereocenters. The zero-order valence-corrected chi connectivity index (χ0v) is 24.3. The van der Waals surface area contributed by atoms with E-state index in [0.717, 1.165) is 31.6 Å². The Balaban J connectivity index is 1.72. The molecule has 0 aliphatic carbocycles. The second-order valence-corrected chi connectivity index (χ2v) is 11.2. The minimum atomic E-state index is -0.822. The van der Waals surface area contributed by atoms with Gasteiger partial charge in [0.05, 0.1) is 34.4 Å². The maximum atomic E-state index is 14.1. The predicted octanol–water partition coefficient (Wildman–Crippen LogP) is 3.95. The number of thiazole rings is 1. The molecule has 0 saturated carbocycles. The lowest BCUT2D eigenvalue weighted by Gasteiger charge is -2.33. The van der Waals surface area contributed by atoms with Gasteiger partial charge in [0.2, 0.25) is 0 Å². The maximum absolute atomic E-state index is 14.1. The van der Waals surface area contributed by atoms with Crippen molar-refractivity contribution >= 4 is 34.8 Å². The van der Waals surface area contributed by atoms with Crippen LogP contribution in [0.2, 0.25) is 0 Å². The Bertz CT molecular complexity index is 1710. The van der Waals surface area contributed by atoms with E-state index in [4.69, 9.17) is 9.47 Å². The number of carbonyl (C=O) groups is 1. The summed E-state index contributed by atoms with van der Waals surface area (Å²) in [6, 6.07) is 11.2. The quantitative estimate of drug-likeness (QED) is 0.238. The number of nitro groups is 1. The number of aromatic nitrogens is 1. The van der Waals surface area contributed by atoms with Crippen LogP contribution in [0.1, 0.15) is 50.8 Å². The van der Waals surface area contributed by atoms with E-state index in [9.17, 15) is 19.7 Å². The number of anilines is 1. The van der Waals surface area contributed by atoms with Gasteiger partial charge >= 0.3 is 5.97 Å². The van der Waals surface area contributed by atoms with Crippen molar-refractivity contribution in [1.29, 1.82) is 0 Å². The van der Waals surface area contributed by atoms with Crippen LogP contribution in [-0.2, 0) is 9.53 Å². The Hall–Kier alpha value is -4.25. The molecule has 3 heterocycles. The molecular formula is C30H32N4O6S. The van der Waals surface area contributed by atoms with Crippen LogP contribution in [0.25, 0.3) is 6.08 Å². The van der Waals surface area contributed by atoms with E-state index in [-0.39, 0.29) is 23.4 Å². The number of allylic oxidation sites excluding steroid dienone is 1. The first-order valence-electron chi connectivity index (χ1n) is 13.6. The molecule has 214 valence electrons. The zero-order valence-electron chi connectivity index (χ0n) is 23.5. The zero-order chi connectivity index (χ0) is 29.3. The van der Waals surface area contributed by atoms with Crippen molar-refractivity contribution in [1.82, 2.24) is 4.57 Å². The standard InChI is InChI=1S/C30H32N4O6S/c1-5-40-29(36)26-19(3)31-30-33(27(26)22-8-6-7-9-24(22)39-4)28(35)25(41-30)17-20-16-21(34(37)38)10-11-23(20)32-14-12-18(2)13-15-32/h6-11,16-18,27H,5,12-15H2,1-4H3/b25-17+/t27-/m1/s1. The molecule has 2 aliphatic heterocycles. The van der Waals surface area contributed by atoms with E-state index in [0.29, 0.717) is 37.8 Å². The summed E-state index contributed by atoms with van der Waals surface area (Å²) in [6.45, 7) is 7.50. The van der Waals surface area contributed by atoms with Gasteiger partial charge in [-0.05, 0) is 50.8 Å². The van der Waals surface area contributed by atoms with Crippen molar-refractivity contribution in [3.63, 3.8) is 0 Å². The number of benzene rings is 2. The summed E-state index contributed by atoms with van der Waals surface area (Å²) in [7, 11) is 1.54. The number of nitrogens with zero attached hydrogens (tertiary/aromatic N) is 4. The van der Waals surface area contributed by atoms with Crippen LogP contribution < -0.4 is 24.5 Å². The van der Waals surface area contributed by atoms with Gasteiger partial charge in [0.15, 0.2) is 4.80 Å². The van der Waals surface area contributed by atoms with Crippen molar-refractivity contribution in [3.05, 3.63) is 94.7 Å². The Morgan fingerprint density at radius 3 is 2.63 bits per heavy atom. The average molecular weight is 577 g/mol. The molecule has 0 radical (unpaired) electrons. The highest BCUT2D eigenvalue weighted by molar-refractivity contribution is 7.07. The molecule has 5 rings (SSSR count). The molecule has 0 bridgehead atoms. The lowest BCUT2D eigenvalue weighted by Crippen LogP contribution is -2.40. The second-order valence-electron chi connectivity index (χ2n) is 10.2. The van der Waals surface area contributed by atoms with Crippen molar-refractivity contribution in [3.8, 4) is 5.75 Å². The molecule has 10 nitrogen and oxygen atoms in total. The van der Waals surface area contributed by atoms with E-state index in [2.05, 4.69) is 16.8 Å². The lowest BCUT2D eigenvalue weighted by molar-refractivity contribution is -0.384. The smallest absolute Gasteiger partial charge is 0.338 e. The lowest BCUT2D eigenvalue weighted by atomic mass is 9.95. The largest absolute Gasteiger partial charge is 0.496 e. The molecule has 0 spiro atoms. The second kappa shape index (κ2) is 11.7. The molecule has 2 aliphatic rings. The maximum Gasteiger partial charge on any atom is 0.338 e. The number of rotatable bonds is 7. The van der Waals surface area contributed by atoms with Gasteiger partial charge < -0.3 is 14.4 Å². The number of ether oxygens (including phenoxy) is 2. The molecule has 0 amide bonds. The molecule has 1 aromatic heterocycles. The van der Waals surface area contributed by atoms with Crippen LogP contribution in [0, 0.1) is 16.0 Å². The molecule has 3 aromatic rings. The third-order valence-electron chi connectivity index (χ3n) is 7.58. The van der Waals surface area contributed by atoms with Crippen LogP contribution in [0.3, 0.4) is 0 Å². The highest BCUT2D eigenvalue weighted by atomic mass is 32.1. The van der Waals surface area contributed by atoms with Gasteiger partial charge in [-0.2, -0.15) is 0 Å². The Kier molecular flexibility index (Phi) is 8.07. The van der Waals surface area contributed by atoms with Crippen molar-refractivity contribution < 1.29 is 19.2 Å². The fraction of sp³-hybridized carbons (Fsp3) is 0.367. The molecule has 0 N–H and O–H groups in total.